The van der Waals surface area contributed by atoms with Crippen LogP contribution in [-0.4, -0.2) is 13.4 Å². The van der Waals surface area contributed by atoms with E-state index in [0.717, 1.165) is 0 Å². The molecule has 0 atom stereocenters. The Morgan fingerprint density at radius 3 is 0.985 bits per heavy atom. The van der Waals surface area contributed by atoms with E-state index >= 15 is 0 Å². The standard InChI is InChI=1S/C64H52B2/c1-33(2)39-19-21-55-45(23-39)51-25-41(35(5)6)27-53-47-29-43(37-15-11-9-12-16-37)50-32-58-60-48(54-28-42(36(7)8)26-52-46-24-40(34(3)4)20-22-56(46)66(58)64(52)54)30-44(38-17-13-10-14-18-38)49-31-57(65(55)63(51)53)59(47)61(50)62(49)60/h9-36H,1-8H3. The molecule has 0 spiro atoms. The van der Waals surface area contributed by atoms with Crippen molar-refractivity contribution in [3.63, 3.8) is 0 Å². The molecule has 10 aromatic rings. The molecule has 0 saturated heterocycles. The first-order chi connectivity index (χ1) is 32.0. The second-order valence-electron chi connectivity index (χ2n) is 21.4. The van der Waals surface area contributed by atoms with Crippen molar-refractivity contribution in [3.05, 3.63) is 168 Å². The fourth-order valence-electron chi connectivity index (χ4n) is 13.2. The zero-order valence-corrected chi connectivity index (χ0v) is 39.3. The highest BCUT2D eigenvalue weighted by molar-refractivity contribution is 7.03. The normalized spacial score (nSPS) is 13.6. The molecule has 0 bridgehead atoms. The minimum absolute atomic E-state index is 0.151. The van der Waals surface area contributed by atoms with Crippen molar-refractivity contribution in [1.29, 1.82) is 0 Å². The molecule has 0 amide bonds. The van der Waals surface area contributed by atoms with Gasteiger partial charge in [0.2, 0.25) is 13.4 Å². The Kier molecular flexibility index (Phi) is 7.89. The lowest BCUT2D eigenvalue weighted by Crippen LogP contribution is -2.53. The van der Waals surface area contributed by atoms with E-state index in [0.29, 0.717) is 23.7 Å². The van der Waals surface area contributed by atoms with E-state index in [1.165, 1.54) is 154 Å². The SMILES string of the molecule is CC(C)c1ccc2c(c1)-c1cc(C(C)C)cc3c1B2c1cc2c(-c4ccccc4)cc4c5c(cc6c(-c7ccccc7)cc-3c1c6c25)B1c2ccc(C(C)C)cc2-c2cc(C(C)C)cc-4c21. The maximum absolute atomic E-state index is 2.68. The first-order valence-corrected chi connectivity index (χ1v) is 24.7. The maximum atomic E-state index is 2.68. The van der Waals surface area contributed by atoms with Gasteiger partial charge in [-0.15, -0.1) is 0 Å². The highest BCUT2D eigenvalue weighted by Gasteiger charge is 2.45. The zero-order chi connectivity index (χ0) is 44.6. The second-order valence-corrected chi connectivity index (χ2v) is 21.4. The Hall–Kier alpha value is -6.63. The molecule has 0 unspecified atom stereocenters. The van der Waals surface area contributed by atoms with Crippen molar-refractivity contribution in [3.8, 4) is 66.8 Å². The summed E-state index contributed by atoms with van der Waals surface area (Å²) >= 11 is 0. The van der Waals surface area contributed by atoms with Crippen molar-refractivity contribution in [2.45, 2.75) is 79.1 Å². The Morgan fingerprint density at radius 1 is 0.273 bits per heavy atom. The van der Waals surface area contributed by atoms with Gasteiger partial charge in [-0.05, 0) is 157 Å². The number of fused-ring (bicyclic) bond motifs is 10. The quantitative estimate of drug-likeness (QED) is 0.116. The minimum Gasteiger partial charge on any atom is -0.0661 e. The van der Waals surface area contributed by atoms with Crippen LogP contribution in [0.2, 0.25) is 0 Å². The largest absolute Gasteiger partial charge is 0.244 e. The van der Waals surface area contributed by atoms with Gasteiger partial charge in [0.1, 0.15) is 0 Å². The lowest BCUT2D eigenvalue weighted by molar-refractivity contribution is 0.866. The summed E-state index contributed by atoms with van der Waals surface area (Å²) < 4.78 is 0. The summed E-state index contributed by atoms with van der Waals surface area (Å²) in [5.74, 6) is 1.72. The third-order valence-electron chi connectivity index (χ3n) is 16.5. The number of benzene rings is 10. The van der Waals surface area contributed by atoms with Gasteiger partial charge >= 0.3 is 0 Å². The van der Waals surface area contributed by atoms with E-state index in [2.05, 4.69) is 201 Å². The van der Waals surface area contributed by atoms with Gasteiger partial charge in [0.05, 0.1) is 0 Å². The van der Waals surface area contributed by atoms with Gasteiger partial charge in [-0.25, -0.2) is 0 Å². The average molecular weight is 843 g/mol. The monoisotopic (exact) mass is 842 g/mol. The Balaban J connectivity index is 1.22. The fraction of sp³-hybridized carbons (Fsp3) is 0.188. The van der Waals surface area contributed by atoms with Crippen molar-refractivity contribution in [2.24, 2.45) is 0 Å². The molecule has 66 heavy (non-hydrogen) atoms. The number of hydrogen-bond acceptors (Lipinski definition) is 0. The van der Waals surface area contributed by atoms with Crippen LogP contribution in [0.3, 0.4) is 0 Å². The van der Waals surface area contributed by atoms with Crippen molar-refractivity contribution in [2.75, 3.05) is 0 Å². The number of rotatable bonds is 6. The van der Waals surface area contributed by atoms with Crippen LogP contribution in [0.15, 0.2) is 146 Å². The molecule has 4 aliphatic rings. The fourth-order valence-corrected chi connectivity index (χ4v) is 13.2. The zero-order valence-electron chi connectivity index (χ0n) is 39.3. The second kappa shape index (κ2) is 13.5. The third-order valence-corrected chi connectivity index (χ3v) is 16.5. The van der Waals surface area contributed by atoms with E-state index in [9.17, 15) is 0 Å². The Morgan fingerprint density at radius 2 is 0.621 bits per heavy atom. The van der Waals surface area contributed by atoms with Crippen molar-refractivity contribution < 1.29 is 0 Å². The predicted molar refractivity (Wildman–Crippen MR) is 288 cm³/mol. The van der Waals surface area contributed by atoms with Crippen molar-refractivity contribution in [1.82, 2.24) is 0 Å². The molecule has 14 rings (SSSR count). The van der Waals surface area contributed by atoms with E-state index < -0.39 is 0 Å². The van der Waals surface area contributed by atoms with E-state index in [1.807, 2.05) is 0 Å². The highest BCUT2D eigenvalue weighted by atomic mass is 14.4. The van der Waals surface area contributed by atoms with Crippen LogP contribution < -0.4 is 32.8 Å². The topological polar surface area (TPSA) is 0 Å². The molecule has 314 valence electrons. The van der Waals surface area contributed by atoms with Gasteiger partial charge in [-0.1, -0.05) is 222 Å². The molecular formula is C64H52B2. The Bertz CT molecular complexity index is 3510. The van der Waals surface area contributed by atoms with Crippen molar-refractivity contribution >= 4 is 78.5 Å². The average Bonchev–Trinajstić information content (AvgIpc) is 3.84. The van der Waals surface area contributed by atoms with E-state index in [1.54, 1.807) is 0 Å². The van der Waals surface area contributed by atoms with Gasteiger partial charge in [0, 0.05) is 0 Å². The lowest BCUT2D eigenvalue weighted by Gasteiger charge is -2.33. The summed E-state index contributed by atoms with van der Waals surface area (Å²) in [6.45, 7) is 19.1. The summed E-state index contributed by atoms with van der Waals surface area (Å²) in [6, 6.07) is 58.3. The third kappa shape index (κ3) is 4.98. The molecule has 0 saturated carbocycles. The predicted octanol–water partition coefficient (Wildman–Crippen LogP) is 13.4. The van der Waals surface area contributed by atoms with Gasteiger partial charge in [-0.2, -0.15) is 0 Å². The number of hydrogen-bond donors (Lipinski definition) is 0. The highest BCUT2D eigenvalue weighted by Crippen LogP contribution is 2.51. The minimum atomic E-state index is 0.151. The summed E-state index contributed by atoms with van der Waals surface area (Å²) in [5.41, 5.74) is 31.0. The summed E-state index contributed by atoms with van der Waals surface area (Å²) in [5, 5.41) is 8.50. The van der Waals surface area contributed by atoms with E-state index in [4.69, 9.17) is 0 Å². The lowest BCUT2D eigenvalue weighted by atomic mass is 9.34. The summed E-state index contributed by atoms with van der Waals surface area (Å²) in [6.07, 6.45) is 0. The van der Waals surface area contributed by atoms with Crippen LogP contribution in [0.1, 0.15) is 101 Å². The molecule has 0 fully saturated rings. The molecule has 0 nitrogen and oxygen atoms in total. The van der Waals surface area contributed by atoms with Crippen LogP contribution in [0, 0.1) is 0 Å². The molecular weight excluding hydrogens is 790 g/mol. The van der Waals surface area contributed by atoms with Crippen LogP contribution in [0.4, 0.5) is 0 Å². The smallest absolute Gasteiger partial charge is 0.0661 e. The summed E-state index contributed by atoms with van der Waals surface area (Å²) in [7, 11) is 0. The summed E-state index contributed by atoms with van der Waals surface area (Å²) in [4.78, 5) is 0. The molecule has 0 aliphatic carbocycles. The molecule has 0 radical (unpaired) electrons. The first kappa shape index (κ1) is 38.6. The van der Waals surface area contributed by atoms with Gasteiger partial charge in [-0.3, -0.25) is 0 Å². The molecule has 2 heteroatoms. The molecule has 4 heterocycles. The molecule has 0 aromatic heterocycles. The van der Waals surface area contributed by atoms with Gasteiger partial charge in [0.25, 0.3) is 0 Å². The first-order valence-electron chi connectivity index (χ1n) is 24.7. The van der Waals surface area contributed by atoms with Crippen LogP contribution in [0.25, 0.3) is 99.1 Å². The maximum Gasteiger partial charge on any atom is 0.244 e. The molecule has 4 aliphatic heterocycles. The van der Waals surface area contributed by atoms with Crippen LogP contribution in [-0.2, 0) is 0 Å². The van der Waals surface area contributed by atoms with Crippen LogP contribution >= 0.6 is 0 Å². The van der Waals surface area contributed by atoms with Crippen LogP contribution in [0.5, 0.6) is 0 Å². The van der Waals surface area contributed by atoms with Gasteiger partial charge < -0.3 is 0 Å². The van der Waals surface area contributed by atoms with Gasteiger partial charge in [0.15, 0.2) is 0 Å². The molecule has 0 N–H and O–H groups in total. The Labute approximate surface area is 390 Å². The molecule has 10 aromatic carbocycles. The van der Waals surface area contributed by atoms with E-state index in [-0.39, 0.29) is 13.4 Å².